The summed E-state index contributed by atoms with van der Waals surface area (Å²) in [5.41, 5.74) is 1.83. The van der Waals surface area contributed by atoms with E-state index >= 15 is 0 Å². The Morgan fingerprint density at radius 2 is 1.72 bits per heavy atom. The Kier molecular flexibility index (Phi) is 8.14. The maximum absolute atomic E-state index is 12.8. The van der Waals surface area contributed by atoms with Crippen molar-refractivity contribution >= 4 is 11.8 Å². The normalized spacial score (nSPS) is 15.3. The summed E-state index contributed by atoms with van der Waals surface area (Å²) in [7, 11) is 0. The van der Waals surface area contributed by atoms with Gasteiger partial charge in [0.1, 0.15) is 11.5 Å². The van der Waals surface area contributed by atoms with Gasteiger partial charge >= 0.3 is 0 Å². The van der Waals surface area contributed by atoms with Gasteiger partial charge in [0, 0.05) is 24.7 Å². The number of nitrogens with zero attached hydrogens (tertiary/aromatic N) is 1. The average molecular weight is 439 g/mol. The molecule has 172 valence electrons. The summed E-state index contributed by atoms with van der Waals surface area (Å²) in [5, 5.41) is 3.08. The van der Waals surface area contributed by atoms with Crippen molar-refractivity contribution in [2.24, 2.45) is 0 Å². The Hall–Kier alpha value is -3.02. The number of carbonyl (C=O) groups excluding carboxylic acids is 2. The third-order valence-corrected chi connectivity index (χ3v) is 5.75. The zero-order valence-corrected chi connectivity index (χ0v) is 19.5. The number of hydrogen-bond acceptors (Lipinski definition) is 4. The molecule has 0 saturated carbocycles. The minimum absolute atomic E-state index is 0.0135. The number of benzene rings is 2. The molecule has 0 bridgehead atoms. The number of hydrogen-bond donors (Lipinski definition) is 1. The van der Waals surface area contributed by atoms with Crippen molar-refractivity contribution in [3.8, 4) is 11.5 Å². The summed E-state index contributed by atoms with van der Waals surface area (Å²) in [6.45, 7) is 9.78. The van der Waals surface area contributed by atoms with Crippen LogP contribution in [0.15, 0.2) is 48.5 Å². The van der Waals surface area contributed by atoms with E-state index in [1.807, 2.05) is 42.2 Å². The number of nitrogens with one attached hydrogen (secondary N) is 1. The van der Waals surface area contributed by atoms with E-state index in [0.717, 1.165) is 18.6 Å². The van der Waals surface area contributed by atoms with Crippen LogP contribution in [0.25, 0.3) is 0 Å². The van der Waals surface area contributed by atoms with Gasteiger partial charge in [-0.1, -0.05) is 26.0 Å². The molecule has 2 aromatic carbocycles. The predicted octanol–water partition coefficient (Wildman–Crippen LogP) is 4.40. The molecule has 6 nitrogen and oxygen atoms in total. The highest BCUT2D eigenvalue weighted by Crippen LogP contribution is 2.21. The van der Waals surface area contributed by atoms with E-state index in [-0.39, 0.29) is 17.9 Å². The monoisotopic (exact) mass is 438 g/mol. The number of piperidine rings is 1. The van der Waals surface area contributed by atoms with Gasteiger partial charge in [-0.05, 0) is 74.6 Å². The molecule has 32 heavy (non-hydrogen) atoms. The maximum Gasteiger partial charge on any atom is 0.260 e. The maximum atomic E-state index is 12.8. The second kappa shape index (κ2) is 11.0. The summed E-state index contributed by atoms with van der Waals surface area (Å²) in [6.07, 6.45) is 0.870. The number of amides is 2. The van der Waals surface area contributed by atoms with Gasteiger partial charge in [0.05, 0.1) is 6.61 Å². The molecule has 3 rings (SSSR count). The molecule has 0 aromatic heterocycles. The molecule has 1 aliphatic heterocycles. The molecule has 1 atom stereocenters. The number of carbonyl (C=O) groups is 2. The van der Waals surface area contributed by atoms with Gasteiger partial charge in [-0.2, -0.15) is 0 Å². The molecule has 2 aromatic rings. The van der Waals surface area contributed by atoms with Gasteiger partial charge in [-0.25, -0.2) is 0 Å². The van der Waals surface area contributed by atoms with Gasteiger partial charge < -0.3 is 19.7 Å². The predicted molar refractivity (Wildman–Crippen MR) is 125 cm³/mol. The second-order valence-corrected chi connectivity index (χ2v) is 8.52. The Balaban J connectivity index is 1.47. The van der Waals surface area contributed by atoms with Crippen molar-refractivity contribution in [2.45, 2.75) is 58.6 Å². The molecule has 0 radical (unpaired) electrons. The first-order chi connectivity index (χ1) is 15.4. The van der Waals surface area contributed by atoms with E-state index in [9.17, 15) is 9.59 Å². The lowest BCUT2D eigenvalue weighted by Gasteiger charge is -2.33. The van der Waals surface area contributed by atoms with E-state index < -0.39 is 6.10 Å². The highest BCUT2D eigenvalue weighted by atomic mass is 16.5. The molecule has 0 spiro atoms. The van der Waals surface area contributed by atoms with E-state index in [1.54, 1.807) is 19.1 Å². The van der Waals surface area contributed by atoms with Gasteiger partial charge in [-0.3, -0.25) is 9.59 Å². The molecule has 1 fully saturated rings. The van der Waals surface area contributed by atoms with Crippen LogP contribution in [0.2, 0.25) is 0 Å². The lowest BCUT2D eigenvalue weighted by atomic mass is 10.0. The van der Waals surface area contributed by atoms with Crippen molar-refractivity contribution < 1.29 is 19.1 Å². The zero-order valence-electron chi connectivity index (χ0n) is 19.5. The van der Waals surface area contributed by atoms with E-state index in [1.165, 1.54) is 5.56 Å². The topological polar surface area (TPSA) is 67.9 Å². The molecular formula is C26H34N2O4. The van der Waals surface area contributed by atoms with Crippen LogP contribution in [0, 0.1) is 0 Å². The Morgan fingerprint density at radius 1 is 1.03 bits per heavy atom. The minimum Gasteiger partial charge on any atom is -0.494 e. The summed E-state index contributed by atoms with van der Waals surface area (Å²) in [6, 6.07) is 15.2. The van der Waals surface area contributed by atoms with Gasteiger partial charge in [-0.15, -0.1) is 0 Å². The third-order valence-electron chi connectivity index (χ3n) is 5.75. The zero-order chi connectivity index (χ0) is 23.1. The first kappa shape index (κ1) is 23.6. The van der Waals surface area contributed by atoms with Crippen molar-refractivity contribution in [1.82, 2.24) is 10.2 Å². The van der Waals surface area contributed by atoms with Crippen LogP contribution >= 0.6 is 0 Å². The van der Waals surface area contributed by atoms with Gasteiger partial charge in [0.15, 0.2) is 6.10 Å². The minimum atomic E-state index is -0.582. The third kappa shape index (κ3) is 6.25. The fourth-order valence-electron chi connectivity index (χ4n) is 3.79. The standard InChI is InChI=1S/C26H34N2O4/c1-5-31-23-11-9-20(10-12-23)26(30)28-15-13-22(14-16-28)27-25(29)19(4)32-24-8-6-7-21(17-24)18(2)3/h6-12,17-19,22H,5,13-16H2,1-4H3,(H,27,29). The van der Waals surface area contributed by atoms with Crippen LogP contribution in [0.4, 0.5) is 0 Å². The Morgan fingerprint density at radius 3 is 2.34 bits per heavy atom. The fraction of sp³-hybridized carbons (Fsp3) is 0.462. The fourth-order valence-corrected chi connectivity index (χ4v) is 3.79. The highest BCUT2D eigenvalue weighted by molar-refractivity contribution is 5.94. The number of ether oxygens (including phenoxy) is 2. The van der Waals surface area contributed by atoms with Crippen LogP contribution in [-0.2, 0) is 4.79 Å². The SMILES string of the molecule is CCOc1ccc(C(=O)N2CCC(NC(=O)C(C)Oc3cccc(C(C)C)c3)CC2)cc1. The number of likely N-dealkylation sites (tertiary alicyclic amines) is 1. The lowest BCUT2D eigenvalue weighted by molar-refractivity contribution is -0.128. The van der Waals surface area contributed by atoms with Crippen molar-refractivity contribution in [3.63, 3.8) is 0 Å². The molecule has 2 amide bonds. The van der Waals surface area contributed by atoms with E-state index in [2.05, 4.69) is 25.2 Å². The molecule has 1 N–H and O–H groups in total. The molecule has 0 aliphatic carbocycles. The first-order valence-electron chi connectivity index (χ1n) is 11.5. The van der Waals surface area contributed by atoms with Crippen LogP contribution in [-0.4, -0.2) is 48.6 Å². The van der Waals surface area contributed by atoms with Crippen molar-refractivity contribution in [2.75, 3.05) is 19.7 Å². The summed E-state index contributed by atoms with van der Waals surface area (Å²) < 4.78 is 11.3. The van der Waals surface area contributed by atoms with Crippen molar-refractivity contribution in [1.29, 1.82) is 0 Å². The van der Waals surface area contributed by atoms with Crippen molar-refractivity contribution in [3.05, 3.63) is 59.7 Å². The quantitative estimate of drug-likeness (QED) is 0.663. The van der Waals surface area contributed by atoms with Gasteiger partial charge in [0.2, 0.25) is 0 Å². The molecular weight excluding hydrogens is 404 g/mol. The first-order valence-corrected chi connectivity index (χ1v) is 11.5. The van der Waals surface area contributed by atoms with Crippen LogP contribution in [0.1, 0.15) is 62.4 Å². The van der Waals surface area contributed by atoms with Gasteiger partial charge in [0.25, 0.3) is 11.8 Å². The Bertz CT molecular complexity index is 902. The van der Waals surface area contributed by atoms with Crippen LogP contribution in [0.3, 0.4) is 0 Å². The summed E-state index contributed by atoms with van der Waals surface area (Å²) in [4.78, 5) is 27.2. The molecule has 6 heteroatoms. The van der Waals surface area contributed by atoms with E-state index in [4.69, 9.17) is 9.47 Å². The van der Waals surface area contributed by atoms with Crippen LogP contribution in [0.5, 0.6) is 11.5 Å². The molecule has 1 heterocycles. The smallest absolute Gasteiger partial charge is 0.260 e. The summed E-state index contributed by atoms with van der Waals surface area (Å²) >= 11 is 0. The number of rotatable bonds is 8. The summed E-state index contributed by atoms with van der Waals surface area (Å²) in [5.74, 6) is 1.75. The molecule has 1 saturated heterocycles. The molecule has 1 aliphatic rings. The Labute approximate surface area is 190 Å². The largest absolute Gasteiger partial charge is 0.494 e. The second-order valence-electron chi connectivity index (χ2n) is 8.52. The van der Waals surface area contributed by atoms with E-state index in [0.29, 0.717) is 36.9 Å². The molecule has 1 unspecified atom stereocenters. The lowest BCUT2D eigenvalue weighted by Crippen LogP contribution is -2.49. The van der Waals surface area contributed by atoms with Crippen LogP contribution < -0.4 is 14.8 Å². The average Bonchev–Trinajstić information content (AvgIpc) is 2.80. The highest BCUT2D eigenvalue weighted by Gasteiger charge is 2.26.